The van der Waals surface area contributed by atoms with Gasteiger partial charge in [-0.05, 0) is 37.1 Å². The normalized spacial score (nSPS) is 15.5. The Labute approximate surface area is 122 Å². The molecule has 4 heteroatoms. The largest absolute Gasteiger partial charge is 0.320 e. The molecule has 0 spiro atoms. The molecule has 1 aliphatic rings. The van der Waals surface area contributed by atoms with Gasteiger partial charge >= 0.3 is 0 Å². The molecule has 0 saturated heterocycles. The molecule has 0 aliphatic carbocycles. The molecule has 0 atom stereocenters. The Hall–Kier alpha value is -1.94. The number of carbonyl (C=O) groups is 1. The maximum absolute atomic E-state index is 12.1. The number of amides is 1. The Balaban J connectivity index is 2.00. The van der Waals surface area contributed by atoms with E-state index in [0.717, 1.165) is 34.5 Å². The zero-order chi connectivity index (χ0) is 14.1. The lowest BCUT2D eigenvalue weighted by Gasteiger charge is -1.95. The van der Waals surface area contributed by atoms with E-state index in [1.165, 1.54) is 10.4 Å². The fraction of sp³-hybridized carbons (Fsp3) is 0.250. The zero-order valence-electron chi connectivity index (χ0n) is 11.6. The van der Waals surface area contributed by atoms with E-state index in [4.69, 9.17) is 0 Å². The van der Waals surface area contributed by atoms with E-state index in [2.05, 4.69) is 30.2 Å². The minimum absolute atomic E-state index is 0.0453. The van der Waals surface area contributed by atoms with Gasteiger partial charge in [0.25, 0.3) is 5.91 Å². The van der Waals surface area contributed by atoms with E-state index in [1.54, 1.807) is 23.7 Å². The molecule has 1 amide bonds. The Morgan fingerprint density at radius 3 is 3.10 bits per heavy atom. The third kappa shape index (κ3) is 2.27. The first-order valence-electron chi connectivity index (χ1n) is 6.75. The van der Waals surface area contributed by atoms with Gasteiger partial charge in [0.05, 0.1) is 17.5 Å². The number of fused-ring (bicyclic) bond motifs is 1. The lowest BCUT2D eigenvalue weighted by molar-refractivity contribution is -0.110. The third-order valence-electron chi connectivity index (χ3n) is 3.41. The lowest BCUT2D eigenvalue weighted by atomic mass is 10.1. The second kappa shape index (κ2) is 5.21. The molecule has 3 rings (SSSR count). The van der Waals surface area contributed by atoms with E-state index < -0.39 is 0 Å². The smallest absolute Gasteiger partial charge is 0.256 e. The molecule has 0 radical (unpaired) electrons. The maximum atomic E-state index is 12.1. The quantitative estimate of drug-likeness (QED) is 0.869. The summed E-state index contributed by atoms with van der Waals surface area (Å²) in [5, 5.41) is 2.85. The summed E-state index contributed by atoms with van der Waals surface area (Å²) >= 11 is 1.78. The average Bonchev–Trinajstić information content (AvgIpc) is 2.92. The summed E-state index contributed by atoms with van der Waals surface area (Å²) in [7, 11) is 0. The Bertz CT molecular complexity index is 700. The van der Waals surface area contributed by atoms with Gasteiger partial charge in [-0.15, -0.1) is 11.3 Å². The van der Waals surface area contributed by atoms with Gasteiger partial charge in [0.1, 0.15) is 0 Å². The highest BCUT2D eigenvalue weighted by molar-refractivity contribution is 7.13. The van der Waals surface area contributed by atoms with E-state index in [-0.39, 0.29) is 5.91 Å². The fourth-order valence-corrected chi connectivity index (χ4v) is 3.64. The van der Waals surface area contributed by atoms with Crippen LogP contribution in [0.4, 0.5) is 5.69 Å². The van der Waals surface area contributed by atoms with Crippen molar-refractivity contribution in [2.75, 3.05) is 5.32 Å². The van der Waals surface area contributed by atoms with E-state index >= 15 is 0 Å². The minimum atomic E-state index is -0.0453. The number of hydrogen-bond acceptors (Lipinski definition) is 3. The fourth-order valence-electron chi connectivity index (χ4n) is 2.42. The minimum Gasteiger partial charge on any atom is -0.320 e. The van der Waals surface area contributed by atoms with Crippen LogP contribution >= 0.6 is 11.3 Å². The van der Waals surface area contributed by atoms with Gasteiger partial charge in [-0.25, -0.2) is 0 Å². The summed E-state index contributed by atoms with van der Waals surface area (Å²) in [6.07, 6.45) is 7.64. The lowest BCUT2D eigenvalue weighted by Crippen LogP contribution is -2.03. The highest BCUT2D eigenvalue weighted by atomic mass is 32.1. The third-order valence-corrected chi connectivity index (χ3v) is 4.65. The molecule has 2 aromatic heterocycles. The predicted molar refractivity (Wildman–Crippen MR) is 83.8 cm³/mol. The van der Waals surface area contributed by atoms with Crippen molar-refractivity contribution in [2.24, 2.45) is 0 Å². The molecule has 1 N–H and O–H groups in total. The molecule has 20 heavy (non-hydrogen) atoms. The van der Waals surface area contributed by atoms with Gasteiger partial charge in [0.2, 0.25) is 0 Å². The zero-order valence-corrected chi connectivity index (χ0v) is 12.4. The van der Waals surface area contributed by atoms with Gasteiger partial charge in [-0.2, -0.15) is 0 Å². The Morgan fingerprint density at radius 2 is 2.30 bits per heavy atom. The summed E-state index contributed by atoms with van der Waals surface area (Å²) in [5.41, 5.74) is 3.78. The van der Waals surface area contributed by atoms with Crippen LogP contribution in [0.1, 0.15) is 34.2 Å². The van der Waals surface area contributed by atoms with Crippen molar-refractivity contribution in [3.63, 3.8) is 0 Å². The number of thiophene rings is 1. The van der Waals surface area contributed by atoms with Gasteiger partial charge in [-0.1, -0.05) is 13.3 Å². The van der Waals surface area contributed by atoms with Crippen LogP contribution < -0.4 is 5.32 Å². The summed E-state index contributed by atoms with van der Waals surface area (Å²) in [4.78, 5) is 18.6. The second-order valence-corrected chi connectivity index (χ2v) is 6.11. The van der Waals surface area contributed by atoms with Crippen molar-refractivity contribution in [3.8, 4) is 0 Å². The topological polar surface area (TPSA) is 42.0 Å². The maximum Gasteiger partial charge on any atom is 0.256 e. The molecule has 102 valence electrons. The SMILES string of the molecule is CCCc1sc(C=C2C(=O)Nc3cnccc32)cc1C. The van der Waals surface area contributed by atoms with Crippen LogP contribution in [0.5, 0.6) is 0 Å². The number of carbonyl (C=O) groups excluding carboxylic acids is 1. The monoisotopic (exact) mass is 284 g/mol. The molecule has 3 nitrogen and oxygen atoms in total. The summed E-state index contributed by atoms with van der Waals surface area (Å²) in [6, 6.07) is 4.04. The van der Waals surface area contributed by atoms with E-state index in [9.17, 15) is 4.79 Å². The number of hydrogen-bond donors (Lipinski definition) is 1. The number of aromatic nitrogens is 1. The number of anilines is 1. The molecule has 3 heterocycles. The average molecular weight is 284 g/mol. The van der Waals surface area contributed by atoms with Crippen LogP contribution in [0.2, 0.25) is 0 Å². The van der Waals surface area contributed by atoms with Gasteiger partial charge in [0.15, 0.2) is 0 Å². The number of pyridine rings is 1. The standard InChI is InChI=1S/C16H16N2OS/c1-3-4-15-10(2)7-11(20-15)8-13-12-5-6-17-9-14(12)18-16(13)19/h5-9H,3-4H2,1-2H3,(H,18,19). The number of nitrogens with zero attached hydrogens (tertiary/aromatic N) is 1. The van der Waals surface area contributed by atoms with Crippen LogP contribution in [0, 0.1) is 6.92 Å². The number of aryl methyl sites for hydroxylation is 2. The van der Waals surface area contributed by atoms with Crippen molar-refractivity contribution in [2.45, 2.75) is 26.7 Å². The second-order valence-electron chi connectivity index (χ2n) is 4.94. The molecule has 0 bridgehead atoms. The van der Waals surface area contributed by atoms with Crippen molar-refractivity contribution in [1.29, 1.82) is 0 Å². The molecule has 0 unspecified atom stereocenters. The van der Waals surface area contributed by atoms with Gasteiger partial charge < -0.3 is 5.32 Å². The Morgan fingerprint density at radius 1 is 1.45 bits per heavy atom. The molecule has 1 aliphatic heterocycles. The van der Waals surface area contributed by atoms with Crippen LogP contribution in [0.25, 0.3) is 11.6 Å². The highest BCUT2D eigenvalue weighted by Gasteiger charge is 2.24. The molecule has 0 fully saturated rings. The summed E-state index contributed by atoms with van der Waals surface area (Å²) < 4.78 is 0. The molecule has 0 saturated carbocycles. The van der Waals surface area contributed by atoms with E-state index in [0.29, 0.717) is 0 Å². The highest BCUT2D eigenvalue weighted by Crippen LogP contribution is 2.34. The summed E-state index contributed by atoms with van der Waals surface area (Å²) in [5.74, 6) is -0.0453. The van der Waals surface area contributed by atoms with Crippen molar-refractivity contribution in [1.82, 2.24) is 4.98 Å². The Kier molecular flexibility index (Phi) is 3.40. The van der Waals surface area contributed by atoms with Gasteiger partial charge in [0, 0.05) is 21.5 Å². The van der Waals surface area contributed by atoms with Gasteiger partial charge in [-0.3, -0.25) is 9.78 Å². The van der Waals surface area contributed by atoms with E-state index in [1.807, 2.05) is 12.1 Å². The molecular weight excluding hydrogens is 268 g/mol. The van der Waals surface area contributed by atoms with Crippen LogP contribution in [0.3, 0.4) is 0 Å². The number of rotatable bonds is 3. The first-order valence-corrected chi connectivity index (χ1v) is 7.57. The molecule has 2 aromatic rings. The van der Waals surface area contributed by atoms with Crippen molar-refractivity contribution < 1.29 is 4.79 Å². The molecule has 0 aromatic carbocycles. The van der Waals surface area contributed by atoms with Crippen molar-refractivity contribution >= 4 is 34.6 Å². The first-order chi connectivity index (χ1) is 9.69. The van der Waals surface area contributed by atoms with Crippen LogP contribution in [-0.2, 0) is 11.2 Å². The first kappa shape index (κ1) is 13.1. The summed E-state index contributed by atoms with van der Waals surface area (Å²) in [6.45, 7) is 4.32. The van der Waals surface area contributed by atoms with Crippen molar-refractivity contribution in [3.05, 3.63) is 45.4 Å². The van der Waals surface area contributed by atoms with Crippen LogP contribution in [0.15, 0.2) is 24.5 Å². The molecular formula is C16H16N2OS. The number of nitrogens with one attached hydrogen (secondary N) is 1. The van der Waals surface area contributed by atoms with Crippen LogP contribution in [-0.4, -0.2) is 10.9 Å². The predicted octanol–water partition coefficient (Wildman–Crippen LogP) is 3.90.